The van der Waals surface area contributed by atoms with Crippen LogP contribution in [-0.2, 0) is 12.7 Å². The monoisotopic (exact) mass is 580 g/mol. The zero-order valence-electron chi connectivity index (χ0n) is 20.6. The zero-order valence-corrected chi connectivity index (χ0v) is 23.1. The van der Waals surface area contributed by atoms with Crippen molar-refractivity contribution in [2.75, 3.05) is 78.5 Å². The van der Waals surface area contributed by atoms with Crippen LogP contribution in [0.3, 0.4) is 0 Å². The molecule has 4 aliphatic heterocycles. The molecule has 4 unspecified atom stereocenters. The number of hydrogen-bond acceptors (Lipinski definition) is 8. The van der Waals surface area contributed by atoms with Crippen molar-refractivity contribution < 1.29 is 33.1 Å². The fourth-order valence-corrected chi connectivity index (χ4v) is 2.37. The van der Waals surface area contributed by atoms with Crippen LogP contribution in [0.1, 0.15) is 0 Å². The number of hydrogen-bond donors (Lipinski definition) is 4. The first-order valence-electron chi connectivity index (χ1n) is 11.7. The topological polar surface area (TPSA) is 93.0 Å². The molecule has 0 bridgehead atoms. The molecule has 4 N–H and O–H groups in total. The Labute approximate surface area is 226 Å². The van der Waals surface area contributed by atoms with E-state index in [0.717, 1.165) is 78.5 Å². The summed E-state index contributed by atoms with van der Waals surface area (Å²) in [4.78, 5) is 8.64. The molecule has 4 saturated heterocycles. The van der Waals surface area contributed by atoms with Gasteiger partial charge in [-0.15, -0.1) is 26.3 Å². The molecule has 0 aromatic heterocycles. The van der Waals surface area contributed by atoms with Gasteiger partial charge in [0.25, 0.3) is 0 Å². The van der Waals surface area contributed by atoms with Crippen molar-refractivity contribution in [2.24, 2.45) is 0 Å². The van der Waals surface area contributed by atoms with Crippen molar-refractivity contribution in [1.82, 2.24) is 19.6 Å². The van der Waals surface area contributed by atoms with Crippen molar-refractivity contribution in [1.29, 1.82) is 0 Å². The quantitative estimate of drug-likeness (QED) is 0.153. The van der Waals surface area contributed by atoms with Crippen molar-refractivity contribution in [3.05, 3.63) is 50.6 Å². The van der Waals surface area contributed by atoms with Gasteiger partial charge in [0.1, 0.15) is 0 Å². The van der Waals surface area contributed by atoms with E-state index in [1.807, 2.05) is 0 Å². The third kappa shape index (κ3) is 26.6. The zero-order chi connectivity index (χ0) is 26.6. The normalized spacial score (nSPS) is 21.3. The van der Waals surface area contributed by atoms with Crippen LogP contribution < -0.4 is 0 Å². The molecule has 4 heterocycles. The molecular formula is C24H44Cl2N4NiO4. The maximum absolute atomic E-state index is 8.91. The maximum atomic E-state index is 8.91. The number of aliphatic hydroxyl groups excluding tert-OH is 4. The Hall–Kier alpha value is -0.286. The first-order valence-corrected chi connectivity index (χ1v) is 14.4. The summed E-state index contributed by atoms with van der Waals surface area (Å²) in [6, 6.07) is 0. The molecule has 11 heteroatoms. The summed E-state index contributed by atoms with van der Waals surface area (Å²) >= 11 is 0.569. The number of halogens is 2. The summed E-state index contributed by atoms with van der Waals surface area (Å²) in [6.45, 7) is 26.1. The van der Waals surface area contributed by atoms with Crippen LogP contribution in [0.15, 0.2) is 50.6 Å². The van der Waals surface area contributed by atoms with E-state index < -0.39 is 0 Å². The third-order valence-electron chi connectivity index (χ3n) is 5.03. The molecule has 0 aromatic carbocycles. The van der Waals surface area contributed by atoms with E-state index in [1.54, 1.807) is 24.3 Å². The molecule has 4 aliphatic rings. The predicted molar refractivity (Wildman–Crippen MR) is 142 cm³/mol. The van der Waals surface area contributed by atoms with Gasteiger partial charge in [-0.25, -0.2) is 0 Å². The fraction of sp³-hybridized carbons (Fsp3) is 0.667. The molecule has 0 aromatic rings. The van der Waals surface area contributed by atoms with E-state index in [2.05, 4.69) is 45.9 Å². The number of nitrogens with zero attached hydrogens (tertiary/aromatic N) is 4. The third-order valence-corrected chi connectivity index (χ3v) is 5.03. The van der Waals surface area contributed by atoms with Gasteiger partial charge in [0.15, 0.2) is 0 Å². The number of rotatable bonds is 12. The summed E-state index contributed by atoms with van der Waals surface area (Å²) in [5, 5.41) is 35.6. The van der Waals surface area contributed by atoms with Crippen LogP contribution in [-0.4, -0.2) is 143 Å². The molecule has 4 atom stereocenters. The Kier molecular flexibility index (Phi) is 21.6. The summed E-state index contributed by atoms with van der Waals surface area (Å²) in [5.41, 5.74) is 0. The molecule has 8 nitrogen and oxygen atoms in total. The van der Waals surface area contributed by atoms with E-state index in [4.69, 9.17) is 40.8 Å². The Morgan fingerprint density at radius 1 is 0.514 bits per heavy atom. The van der Waals surface area contributed by atoms with E-state index >= 15 is 0 Å². The van der Waals surface area contributed by atoms with Gasteiger partial charge in [-0.2, -0.15) is 0 Å². The van der Waals surface area contributed by atoms with Gasteiger partial charge in [-0.05, 0) is 0 Å². The van der Waals surface area contributed by atoms with Crippen molar-refractivity contribution >= 4 is 20.4 Å². The molecule has 35 heavy (non-hydrogen) atoms. The molecule has 0 amide bonds. The minimum absolute atomic E-state index is 0.322. The number of aliphatic hydroxyl groups is 4. The summed E-state index contributed by atoms with van der Waals surface area (Å²) < 4.78 is 0. The second-order valence-corrected chi connectivity index (χ2v) is 10.1. The van der Waals surface area contributed by atoms with Crippen LogP contribution in [0.2, 0.25) is 0 Å². The minimum atomic E-state index is -0.322. The van der Waals surface area contributed by atoms with Crippen molar-refractivity contribution in [2.45, 2.75) is 24.4 Å². The second kappa shape index (κ2) is 21.8. The van der Waals surface area contributed by atoms with E-state index in [-0.39, 0.29) is 24.4 Å². The molecule has 4 fully saturated rings. The van der Waals surface area contributed by atoms with Gasteiger partial charge in [-0.3, -0.25) is 19.6 Å². The van der Waals surface area contributed by atoms with Gasteiger partial charge >= 0.3 is 33.0 Å². The number of β-amino-alcohol motifs (C(OH)–C–C–N with tert-alkyl or cyclic N) is 4. The van der Waals surface area contributed by atoms with Crippen LogP contribution in [0.4, 0.5) is 0 Å². The van der Waals surface area contributed by atoms with Crippen LogP contribution >= 0.6 is 20.4 Å². The van der Waals surface area contributed by atoms with Gasteiger partial charge in [0.2, 0.25) is 0 Å². The molecule has 0 radical (unpaired) electrons. The van der Waals surface area contributed by atoms with E-state index in [9.17, 15) is 0 Å². The summed E-state index contributed by atoms with van der Waals surface area (Å²) in [7, 11) is 9.40. The molecule has 0 spiro atoms. The van der Waals surface area contributed by atoms with Crippen LogP contribution in [0, 0.1) is 0 Å². The van der Waals surface area contributed by atoms with Gasteiger partial charge in [0, 0.05) is 78.5 Å². The van der Waals surface area contributed by atoms with Crippen molar-refractivity contribution in [3.8, 4) is 0 Å². The predicted octanol–water partition coefficient (Wildman–Crippen LogP) is 0.772. The Morgan fingerprint density at radius 2 is 0.657 bits per heavy atom. The SMILES string of the molecule is C=CC(O)CN1CC1.C=CC(O)CN1CC1.C=CC(O)CN1CC1.C=CC(O)CN1CC1.[Cl][Ni][Cl]. The molecule has 4 rings (SSSR count). The summed E-state index contributed by atoms with van der Waals surface area (Å²) in [5.74, 6) is 0. The standard InChI is InChI=1S/4C6H11NO.2ClH.Ni/c4*1-2-6(8)5-7-3-4-7;;;/h4*2,6,8H,1,3-5H2;2*1H;/q;;;;;;+2/p-2. The average molecular weight is 582 g/mol. The Morgan fingerprint density at radius 3 is 0.743 bits per heavy atom. The van der Waals surface area contributed by atoms with E-state index in [0.29, 0.717) is 12.7 Å². The first kappa shape index (κ1) is 34.7. The first-order chi connectivity index (χ1) is 16.7. The molecular weight excluding hydrogens is 538 g/mol. The van der Waals surface area contributed by atoms with Gasteiger partial charge < -0.3 is 20.4 Å². The molecule has 208 valence electrons. The second-order valence-electron chi connectivity index (χ2n) is 8.46. The summed E-state index contributed by atoms with van der Waals surface area (Å²) in [6.07, 6.45) is 4.98. The van der Waals surface area contributed by atoms with Gasteiger partial charge in [-0.1, -0.05) is 24.3 Å². The Balaban J connectivity index is 0.000000424. The van der Waals surface area contributed by atoms with Crippen LogP contribution in [0.25, 0.3) is 0 Å². The molecule has 0 saturated carbocycles. The molecule has 0 aliphatic carbocycles. The van der Waals surface area contributed by atoms with Crippen LogP contribution in [0.5, 0.6) is 0 Å². The Bertz CT molecular complexity index is 482. The van der Waals surface area contributed by atoms with Gasteiger partial charge in [0.05, 0.1) is 24.4 Å². The van der Waals surface area contributed by atoms with Crippen molar-refractivity contribution in [3.63, 3.8) is 0 Å². The fourth-order valence-electron chi connectivity index (χ4n) is 2.37. The van der Waals surface area contributed by atoms with E-state index in [1.165, 1.54) is 0 Å². The average Bonchev–Trinajstić information content (AvgIpc) is 3.65.